The van der Waals surface area contributed by atoms with Crippen molar-refractivity contribution in [2.24, 2.45) is 0 Å². The van der Waals surface area contributed by atoms with E-state index in [1.165, 1.54) is 0 Å². The first-order valence-electron chi connectivity index (χ1n) is 4.18. The van der Waals surface area contributed by atoms with Gasteiger partial charge in [0.25, 0.3) is 0 Å². The summed E-state index contributed by atoms with van der Waals surface area (Å²) in [6.07, 6.45) is 0.0117. The van der Waals surface area contributed by atoms with E-state index in [-0.39, 0.29) is 6.61 Å². The maximum absolute atomic E-state index is 10.6. The molecule has 0 aliphatic carbocycles. The van der Waals surface area contributed by atoms with Crippen molar-refractivity contribution in [1.29, 1.82) is 0 Å². The molecule has 0 fully saturated rings. The lowest BCUT2D eigenvalue weighted by molar-refractivity contribution is -0.140. The van der Waals surface area contributed by atoms with Gasteiger partial charge in [-0.25, -0.2) is 0 Å². The van der Waals surface area contributed by atoms with E-state index in [0.29, 0.717) is 5.56 Å². The molecule has 1 N–H and O–H groups in total. The van der Waals surface area contributed by atoms with E-state index < -0.39 is 12.1 Å². The standard InChI is InChI=1S/C11H11O3/c1-2-11(13)14-8-10(12)9-6-4-3-5-7-9/h1-7,10,12H,8H2/q+1. The average molecular weight is 191 g/mol. The van der Waals surface area contributed by atoms with Gasteiger partial charge in [-0.2, -0.15) is 0 Å². The van der Waals surface area contributed by atoms with Gasteiger partial charge >= 0.3 is 5.97 Å². The van der Waals surface area contributed by atoms with Crippen LogP contribution >= 0.6 is 0 Å². The van der Waals surface area contributed by atoms with Gasteiger partial charge in [-0.3, -0.25) is 0 Å². The third-order valence-corrected chi connectivity index (χ3v) is 1.70. The molecular formula is C11H11O3+. The summed E-state index contributed by atoms with van der Waals surface area (Å²) in [6, 6.07) is 8.95. The van der Waals surface area contributed by atoms with Crippen molar-refractivity contribution in [3.8, 4) is 0 Å². The van der Waals surface area contributed by atoms with Crippen LogP contribution in [0.25, 0.3) is 0 Å². The van der Waals surface area contributed by atoms with Crippen molar-refractivity contribution in [3.63, 3.8) is 0 Å². The van der Waals surface area contributed by atoms with E-state index >= 15 is 0 Å². The minimum absolute atomic E-state index is 0.0868. The number of ether oxygens (including phenoxy) is 1. The summed E-state index contributed by atoms with van der Waals surface area (Å²) in [5.41, 5.74) is 0.706. The Morgan fingerprint density at radius 2 is 2.14 bits per heavy atom. The highest BCUT2D eigenvalue weighted by Crippen LogP contribution is 2.11. The normalized spacial score (nSPS) is 11.7. The van der Waals surface area contributed by atoms with Gasteiger partial charge in [0, 0.05) is 0 Å². The van der Waals surface area contributed by atoms with Crippen molar-refractivity contribution in [3.05, 3.63) is 48.6 Å². The second kappa shape index (κ2) is 5.12. The summed E-state index contributed by atoms with van der Waals surface area (Å²) in [6.45, 7) is 4.83. The van der Waals surface area contributed by atoms with Crippen LogP contribution in [-0.2, 0) is 9.53 Å². The quantitative estimate of drug-likeness (QED) is 0.442. The lowest BCUT2D eigenvalue weighted by Gasteiger charge is -2.07. The summed E-state index contributed by atoms with van der Waals surface area (Å²) in [4.78, 5) is 10.6. The van der Waals surface area contributed by atoms with E-state index in [1.807, 2.05) is 6.07 Å². The van der Waals surface area contributed by atoms with Gasteiger partial charge in [0.2, 0.25) is 6.08 Å². The number of carbonyl (C=O) groups excluding carboxylic acids is 1. The number of esters is 1. The largest absolute Gasteiger partial charge is 0.484 e. The SMILES string of the molecule is [CH+]=CC(=O)OCC(O)c1ccccc1. The number of aliphatic hydroxyl groups is 1. The van der Waals surface area contributed by atoms with Crippen molar-refractivity contribution < 1.29 is 14.6 Å². The zero-order valence-electron chi connectivity index (χ0n) is 7.59. The van der Waals surface area contributed by atoms with E-state index in [0.717, 1.165) is 6.08 Å². The number of hydrogen-bond acceptors (Lipinski definition) is 3. The smallest absolute Gasteiger partial charge is 0.385 e. The fourth-order valence-electron chi connectivity index (χ4n) is 0.981. The second-order valence-electron chi connectivity index (χ2n) is 2.72. The van der Waals surface area contributed by atoms with Gasteiger partial charge in [-0.05, 0) is 5.56 Å². The highest BCUT2D eigenvalue weighted by molar-refractivity contribution is 5.80. The molecule has 14 heavy (non-hydrogen) atoms. The minimum atomic E-state index is -0.805. The van der Waals surface area contributed by atoms with Crippen molar-refractivity contribution in [1.82, 2.24) is 0 Å². The van der Waals surface area contributed by atoms with Gasteiger partial charge in [0.15, 0.2) is 0 Å². The van der Waals surface area contributed by atoms with Crippen LogP contribution in [0.5, 0.6) is 0 Å². The Bertz CT molecular complexity index is 306. The first-order valence-corrected chi connectivity index (χ1v) is 4.18. The molecule has 1 rings (SSSR count). The summed E-state index contributed by atoms with van der Waals surface area (Å²) >= 11 is 0. The molecule has 1 unspecified atom stereocenters. The molecule has 0 heterocycles. The van der Waals surface area contributed by atoms with Gasteiger partial charge in [0.05, 0.1) is 6.58 Å². The molecule has 0 aliphatic rings. The lowest BCUT2D eigenvalue weighted by atomic mass is 10.1. The van der Waals surface area contributed by atoms with Crippen LogP contribution in [0.15, 0.2) is 36.4 Å². The number of aliphatic hydroxyl groups excluding tert-OH is 1. The Morgan fingerprint density at radius 1 is 1.50 bits per heavy atom. The molecule has 0 aromatic heterocycles. The monoisotopic (exact) mass is 191 g/mol. The Labute approximate surface area is 82.6 Å². The molecular weight excluding hydrogens is 180 g/mol. The highest BCUT2D eigenvalue weighted by atomic mass is 16.5. The van der Waals surface area contributed by atoms with Crippen LogP contribution in [0.4, 0.5) is 0 Å². The van der Waals surface area contributed by atoms with Crippen LogP contribution in [0, 0.1) is 6.58 Å². The Hall–Kier alpha value is -1.70. The summed E-state index contributed by atoms with van der Waals surface area (Å²) in [5.74, 6) is -0.639. The Morgan fingerprint density at radius 3 is 2.71 bits per heavy atom. The maximum atomic E-state index is 10.6. The molecule has 1 aromatic rings. The lowest BCUT2D eigenvalue weighted by Crippen LogP contribution is -2.10. The average Bonchev–Trinajstić information content (AvgIpc) is 2.26. The summed E-state index contributed by atoms with van der Waals surface area (Å²) in [7, 11) is 0. The highest BCUT2D eigenvalue weighted by Gasteiger charge is 2.12. The summed E-state index contributed by atoms with van der Waals surface area (Å²) in [5, 5.41) is 9.53. The van der Waals surface area contributed by atoms with E-state index in [4.69, 9.17) is 6.58 Å². The summed E-state index contributed by atoms with van der Waals surface area (Å²) < 4.78 is 4.64. The maximum Gasteiger partial charge on any atom is 0.484 e. The molecule has 0 saturated carbocycles. The number of rotatable bonds is 4. The molecule has 0 radical (unpaired) electrons. The van der Waals surface area contributed by atoms with E-state index in [1.54, 1.807) is 24.3 Å². The Balaban J connectivity index is 2.47. The number of carbonyl (C=O) groups is 1. The predicted octanol–water partition coefficient (Wildman–Crippen LogP) is 1.25. The van der Waals surface area contributed by atoms with Crippen molar-refractivity contribution >= 4 is 5.97 Å². The number of benzene rings is 1. The van der Waals surface area contributed by atoms with E-state index in [9.17, 15) is 9.90 Å². The Kier molecular flexibility index (Phi) is 3.80. The molecule has 0 spiro atoms. The van der Waals surface area contributed by atoms with Crippen LogP contribution < -0.4 is 0 Å². The van der Waals surface area contributed by atoms with Crippen LogP contribution in [-0.4, -0.2) is 17.7 Å². The van der Waals surface area contributed by atoms with Gasteiger partial charge in [0.1, 0.15) is 12.7 Å². The molecule has 3 heteroatoms. The number of hydrogen-bond donors (Lipinski definition) is 1. The van der Waals surface area contributed by atoms with Crippen LogP contribution in [0.3, 0.4) is 0 Å². The molecule has 1 atom stereocenters. The van der Waals surface area contributed by atoms with E-state index in [2.05, 4.69) is 4.74 Å². The molecule has 0 saturated heterocycles. The fourth-order valence-corrected chi connectivity index (χ4v) is 0.981. The van der Waals surface area contributed by atoms with Gasteiger partial charge in [-0.15, -0.1) is 4.79 Å². The van der Waals surface area contributed by atoms with Crippen molar-refractivity contribution in [2.45, 2.75) is 6.10 Å². The van der Waals surface area contributed by atoms with Crippen LogP contribution in [0.1, 0.15) is 11.7 Å². The topological polar surface area (TPSA) is 46.5 Å². The molecule has 1 aromatic carbocycles. The first kappa shape index (κ1) is 10.4. The minimum Gasteiger partial charge on any atom is -0.385 e. The van der Waals surface area contributed by atoms with Crippen LogP contribution in [0.2, 0.25) is 0 Å². The second-order valence-corrected chi connectivity index (χ2v) is 2.72. The predicted molar refractivity (Wildman–Crippen MR) is 51.2 cm³/mol. The van der Waals surface area contributed by atoms with Crippen molar-refractivity contribution in [2.75, 3.05) is 6.61 Å². The van der Waals surface area contributed by atoms with Gasteiger partial charge in [-0.1, -0.05) is 30.3 Å². The molecule has 3 nitrogen and oxygen atoms in total. The molecule has 72 valence electrons. The third-order valence-electron chi connectivity index (χ3n) is 1.70. The zero-order chi connectivity index (χ0) is 10.4. The molecule has 0 aliphatic heterocycles. The third kappa shape index (κ3) is 2.98. The molecule has 0 amide bonds. The first-order chi connectivity index (χ1) is 6.74. The van der Waals surface area contributed by atoms with Gasteiger partial charge < -0.3 is 9.84 Å². The zero-order valence-corrected chi connectivity index (χ0v) is 7.59. The molecule has 0 bridgehead atoms. The fraction of sp³-hybridized carbons (Fsp3) is 0.182.